The maximum atomic E-state index is 12.7. The van der Waals surface area contributed by atoms with Crippen LogP contribution in [0.2, 0.25) is 5.02 Å². The van der Waals surface area contributed by atoms with Crippen LogP contribution in [0.4, 0.5) is 26.3 Å². The Morgan fingerprint density at radius 2 is 1.19 bits per heavy atom. The maximum absolute atomic E-state index is 12.7. The Balaban J connectivity index is 2.44. The Hall–Kier alpha value is -1.69. The molecule has 0 saturated carbocycles. The molecule has 0 bridgehead atoms. The van der Waals surface area contributed by atoms with Crippen molar-refractivity contribution < 1.29 is 26.3 Å². The van der Waals surface area contributed by atoms with Gasteiger partial charge in [0.25, 0.3) is 0 Å². The third kappa shape index (κ3) is 3.50. The minimum absolute atomic E-state index is 0.139. The number of rotatable bonds is 1. The minimum atomic E-state index is -4.63. The van der Waals surface area contributed by atoms with Crippen molar-refractivity contribution in [3.05, 3.63) is 58.6 Å². The molecule has 2 aromatic rings. The standard InChI is InChI=1S/C14H7ClF6/c15-12-6-3-9(7-11(12)14(19,20)21)8-1-4-10(5-2-8)13(16,17)18/h1-7H. The largest absolute Gasteiger partial charge is 0.417 e. The first kappa shape index (κ1) is 15.7. The summed E-state index contributed by atoms with van der Waals surface area (Å²) in [6.07, 6.45) is -9.12. The van der Waals surface area contributed by atoms with Gasteiger partial charge in [-0.25, -0.2) is 0 Å². The summed E-state index contributed by atoms with van der Waals surface area (Å²) in [5.74, 6) is 0. The summed E-state index contributed by atoms with van der Waals surface area (Å²) < 4.78 is 75.5. The van der Waals surface area contributed by atoms with Crippen LogP contribution < -0.4 is 0 Å². The number of hydrogen-bond donors (Lipinski definition) is 0. The second-order valence-electron chi connectivity index (χ2n) is 4.27. The molecule has 2 aromatic carbocycles. The van der Waals surface area contributed by atoms with Gasteiger partial charge >= 0.3 is 12.4 Å². The van der Waals surface area contributed by atoms with E-state index in [2.05, 4.69) is 0 Å². The van der Waals surface area contributed by atoms with Crippen LogP contribution in [-0.4, -0.2) is 0 Å². The average molecular weight is 325 g/mol. The Bertz CT molecular complexity index is 640. The van der Waals surface area contributed by atoms with E-state index in [0.29, 0.717) is 0 Å². The molecule has 0 unspecified atom stereocenters. The molecule has 0 aliphatic heterocycles. The molecule has 0 amide bonds. The van der Waals surface area contributed by atoms with Gasteiger partial charge < -0.3 is 0 Å². The molecular formula is C14H7ClF6. The van der Waals surface area contributed by atoms with E-state index in [4.69, 9.17) is 11.6 Å². The second-order valence-corrected chi connectivity index (χ2v) is 4.67. The fourth-order valence-electron chi connectivity index (χ4n) is 1.77. The van der Waals surface area contributed by atoms with E-state index >= 15 is 0 Å². The molecule has 0 spiro atoms. The van der Waals surface area contributed by atoms with Crippen molar-refractivity contribution in [2.24, 2.45) is 0 Å². The quantitative estimate of drug-likeness (QED) is 0.561. The summed E-state index contributed by atoms with van der Waals surface area (Å²) in [6, 6.07) is 7.06. The van der Waals surface area contributed by atoms with Gasteiger partial charge in [0.15, 0.2) is 0 Å². The van der Waals surface area contributed by atoms with Crippen LogP contribution >= 0.6 is 11.6 Å². The monoisotopic (exact) mass is 324 g/mol. The topological polar surface area (TPSA) is 0 Å². The zero-order chi connectivity index (χ0) is 15.8. The highest BCUT2D eigenvalue weighted by Gasteiger charge is 2.33. The third-order valence-corrected chi connectivity index (χ3v) is 3.15. The SMILES string of the molecule is FC(F)(F)c1ccc(-c2ccc(Cl)c(C(F)(F)F)c2)cc1. The summed E-state index contributed by atoms with van der Waals surface area (Å²) in [5, 5.41) is -0.460. The van der Waals surface area contributed by atoms with E-state index < -0.39 is 28.5 Å². The molecular weight excluding hydrogens is 318 g/mol. The summed E-state index contributed by atoms with van der Waals surface area (Å²) in [4.78, 5) is 0. The molecule has 0 aromatic heterocycles. The van der Waals surface area contributed by atoms with Gasteiger partial charge in [-0.2, -0.15) is 26.3 Å². The molecule has 2 rings (SSSR count). The van der Waals surface area contributed by atoms with E-state index in [0.717, 1.165) is 36.4 Å². The van der Waals surface area contributed by atoms with E-state index in [9.17, 15) is 26.3 Å². The lowest BCUT2D eigenvalue weighted by atomic mass is 10.0. The molecule has 0 nitrogen and oxygen atoms in total. The van der Waals surface area contributed by atoms with E-state index in [-0.39, 0.29) is 11.1 Å². The van der Waals surface area contributed by atoms with Crippen LogP contribution in [0.5, 0.6) is 0 Å². The van der Waals surface area contributed by atoms with Crippen LogP contribution in [0, 0.1) is 0 Å². The first-order chi connectivity index (χ1) is 9.59. The minimum Gasteiger partial charge on any atom is -0.166 e. The predicted molar refractivity (Wildman–Crippen MR) is 66.9 cm³/mol. The highest BCUT2D eigenvalue weighted by atomic mass is 35.5. The van der Waals surface area contributed by atoms with Crippen molar-refractivity contribution in [1.82, 2.24) is 0 Å². The van der Waals surface area contributed by atoms with Gasteiger partial charge in [0.05, 0.1) is 16.1 Å². The van der Waals surface area contributed by atoms with E-state index in [1.165, 1.54) is 6.07 Å². The normalized spacial score (nSPS) is 12.5. The molecule has 0 radical (unpaired) electrons. The van der Waals surface area contributed by atoms with Crippen LogP contribution in [-0.2, 0) is 12.4 Å². The lowest BCUT2D eigenvalue weighted by molar-refractivity contribution is -0.138. The van der Waals surface area contributed by atoms with Crippen LogP contribution in [0.25, 0.3) is 11.1 Å². The van der Waals surface area contributed by atoms with Crippen LogP contribution in [0.15, 0.2) is 42.5 Å². The van der Waals surface area contributed by atoms with Crippen molar-refractivity contribution in [2.45, 2.75) is 12.4 Å². The number of alkyl halides is 6. The van der Waals surface area contributed by atoms with Crippen LogP contribution in [0.1, 0.15) is 11.1 Å². The highest BCUT2D eigenvalue weighted by molar-refractivity contribution is 6.31. The molecule has 0 fully saturated rings. The fraction of sp³-hybridized carbons (Fsp3) is 0.143. The lowest BCUT2D eigenvalue weighted by Gasteiger charge is -2.12. The molecule has 21 heavy (non-hydrogen) atoms. The first-order valence-corrected chi connectivity index (χ1v) is 6.01. The summed E-state index contributed by atoms with van der Waals surface area (Å²) in [7, 11) is 0. The van der Waals surface area contributed by atoms with Crippen molar-refractivity contribution >= 4 is 11.6 Å². The maximum Gasteiger partial charge on any atom is 0.417 e. The van der Waals surface area contributed by atoms with Crippen molar-refractivity contribution in [3.8, 4) is 11.1 Å². The number of hydrogen-bond acceptors (Lipinski definition) is 0. The first-order valence-electron chi connectivity index (χ1n) is 5.63. The Morgan fingerprint density at radius 3 is 1.67 bits per heavy atom. The molecule has 0 heterocycles. The van der Waals surface area contributed by atoms with Gasteiger partial charge in [0, 0.05) is 0 Å². The summed E-state index contributed by atoms with van der Waals surface area (Å²) in [6.45, 7) is 0. The van der Waals surface area contributed by atoms with E-state index in [1.807, 2.05) is 0 Å². The fourth-order valence-corrected chi connectivity index (χ4v) is 2.00. The molecule has 0 aliphatic carbocycles. The van der Waals surface area contributed by atoms with Crippen LogP contribution in [0.3, 0.4) is 0 Å². The molecule has 0 saturated heterocycles. The van der Waals surface area contributed by atoms with Crippen molar-refractivity contribution in [2.75, 3.05) is 0 Å². The van der Waals surface area contributed by atoms with Gasteiger partial charge in [-0.1, -0.05) is 29.8 Å². The third-order valence-electron chi connectivity index (χ3n) is 2.82. The molecule has 0 atom stereocenters. The number of benzene rings is 2. The average Bonchev–Trinajstić information content (AvgIpc) is 2.37. The molecule has 112 valence electrons. The summed E-state index contributed by atoms with van der Waals surface area (Å²) >= 11 is 5.48. The second kappa shape index (κ2) is 5.26. The van der Waals surface area contributed by atoms with Crippen molar-refractivity contribution in [3.63, 3.8) is 0 Å². The smallest absolute Gasteiger partial charge is 0.166 e. The predicted octanol–water partition coefficient (Wildman–Crippen LogP) is 6.04. The molecule has 0 aliphatic rings. The molecule has 7 heteroatoms. The highest BCUT2D eigenvalue weighted by Crippen LogP contribution is 2.37. The zero-order valence-corrected chi connectivity index (χ0v) is 10.9. The van der Waals surface area contributed by atoms with Gasteiger partial charge in [-0.3, -0.25) is 0 Å². The molecule has 0 N–H and O–H groups in total. The Kier molecular flexibility index (Phi) is 3.93. The lowest BCUT2D eigenvalue weighted by Crippen LogP contribution is -2.06. The zero-order valence-electron chi connectivity index (χ0n) is 10.2. The Morgan fingerprint density at radius 1 is 0.667 bits per heavy atom. The van der Waals surface area contributed by atoms with Gasteiger partial charge in [0.1, 0.15) is 0 Å². The Labute approximate surface area is 121 Å². The summed E-state index contributed by atoms with van der Waals surface area (Å²) in [5.41, 5.74) is -1.51. The number of halogens is 7. The van der Waals surface area contributed by atoms with Gasteiger partial charge in [-0.15, -0.1) is 0 Å². The van der Waals surface area contributed by atoms with Gasteiger partial charge in [0.2, 0.25) is 0 Å². The van der Waals surface area contributed by atoms with Crippen molar-refractivity contribution in [1.29, 1.82) is 0 Å². The van der Waals surface area contributed by atoms with Gasteiger partial charge in [-0.05, 0) is 35.4 Å². The van der Waals surface area contributed by atoms with E-state index in [1.54, 1.807) is 0 Å².